The van der Waals surface area contributed by atoms with Gasteiger partial charge in [-0.1, -0.05) is 24.3 Å². The van der Waals surface area contributed by atoms with E-state index in [0.717, 1.165) is 28.9 Å². The van der Waals surface area contributed by atoms with Gasteiger partial charge in [0, 0.05) is 30.6 Å². The number of carbonyl (C=O) groups is 1. The van der Waals surface area contributed by atoms with E-state index in [9.17, 15) is 4.79 Å². The molecule has 0 saturated carbocycles. The Morgan fingerprint density at radius 1 is 1.30 bits per heavy atom. The average molecular weight is 310 g/mol. The molecular weight excluding hydrogens is 288 g/mol. The molecule has 4 heteroatoms. The summed E-state index contributed by atoms with van der Waals surface area (Å²) >= 11 is 0. The maximum atomic E-state index is 12.4. The van der Waals surface area contributed by atoms with Gasteiger partial charge in [0.05, 0.1) is 0 Å². The smallest absolute Gasteiger partial charge is 0.251 e. The maximum absolute atomic E-state index is 12.4. The predicted molar refractivity (Wildman–Crippen MR) is 91.8 cm³/mol. The van der Waals surface area contributed by atoms with E-state index in [-0.39, 0.29) is 12.0 Å². The molecular formula is C19H22N2O2. The number of carbonyl (C=O) groups excluding carboxylic acids is 1. The summed E-state index contributed by atoms with van der Waals surface area (Å²) in [6.45, 7) is 5.07. The molecule has 2 aromatic rings. The molecule has 1 unspecified atom stereocenters. The molecule has 1 heterocycles. The predicted octanol–water partition coefficient (Wildman–Crippen LogP) is 2.67. The molecule has 2 aromatic carbocycles. The molecule has 0 aromatic heterocycles. The van der Waals surface area contributed by atoms with E-state index in [1.165, 1.54) is 5.56 Å². The molecule has 0 fully saturated rings. The van der Waals surface area contributed by atoms with Crippen LogP contribution in [0.2, 0.25) is 0 Å². The van der Waals surface area contributed by atoms with Crippen molar-refractivity contribution in [3.8, 4) is 16.9 Å². The van der Waals surface area contributed by atoms with Crippen LogP contribution in [0.1, 0.15) is 28.4 Å². The van der Waals surface area contributed by atoms with Crippen LogP contribution in [0.5, 0.6) is 5.75 Å². The van der Waals surface area contributed by atoms with Gasteiger partial charge in [-0.25, -0.2) is 0 Å². The Morgan fingerprint density at radius 3 is 2.83 bits per heavy atom. The number of rotatable bonds is 4. The molecule has 1 aliphatic heterocycles. The van der Waals surface area contributed by atoms with E-state index in [0.29, 0.717) is 18.7 Å². The highest BCUT2D eigenvalue weighted by molar-refractivity contribution is 6.01. The van der Waals surface area contributed by atoms with Gasteiger partial charge in [0.15, 0.2) is 0 Å². The van der Waals surface area contributed by atoms with Gasteiger partial charge >= 0.3 is 0 Å². The third-order valence-corrected chi connectivity index (χ3v) is 4.10. The van der Waals surface area contributed by atoms with Gasteiger partial charge in [0.1, 0.15) is 11.9 Å². The molecule has 0 bridgehead atoms. The Kier molecular flexibility index (Phi) is 4.35. The minimum Gasteiger partial charge on any atom is -0.488 e. The number of nitrogens with two attached hydrogens (primary N) is 1. The Balaban J connectivity index is 2.13. The van der Waals surface area contributed by atoms with Gasteiger partial charge in [-0.15, -0.1) is 0 Å². The van der Waals surface area contributed by atoms with Crippen LogP contribution >= 0.6 is 0 Å². The monoisotopic (exact) mass is 310 g/mol. The molecule has 0 radical (unpaired) electrons. The summed E-state index contributed by atoms with van der Waals surface area (Å²) in [7, 11) is 0. The molecule has 3 N–H and O–H groups in total. The molecule has 1 amide bonds. The second-order valence-corrected chi connectivity index (χ2v) is 5.89. The molecule has 4 nitrogen and oxygen atoms in total. The minimum absolute atomic E-state index is 0.0159. The van der Waals surface area contributed by atoms with Crippen molar-refractivity contribution in [2.45, 2.75) is 26.4 Å². The van der Waals surface area contributed by atoms with E-state index < -0.39 is 0 Å². The minimum atomic E-state index is -0.0632. The van der Waals surface area contributed by atoms with Crippen LogP contribution in [0.15, 0.2) is 36.4 Å². The molecule has 0 spiro atoms. The fraction of sp³-hybridized carbons (Fsp3) is 0.316. The van der Waals surface area contributed by atoms with Crippen molar-refractivity contribution >= 4 is 5.91 Å². The maximum Gasteiger partial charge on any atom is 0.251 e. The second kappa shape index (κ2) is 6.42. The van der Waals surface area contributed by atoms with Gasteiger partial charge in [-0.05, 0) is 42.7 Å². The summed E-state index contributed by atoms with van der Waals surface area (Å²) in [4.78, 5) is 12.4. The zero-order valence-electron chi connectivity index (χ0n) is 13.6. The van der Waals surface area contributed by atoms with Crippen molar-refractivity contribution < 1.29 is 9.53 Å². The number of hydrogen-bond donors (Lipinski definition) is 2. The van der Waals surface area contributed by atoms with Crippen molar-refractivity contribution in [1.29, 1.82) is 0 Å². The van der Waals surface area contributed by atoms with Crippen LogP contribution < -0.4 is 15.8 Å². The van der Waals surface area contributed by atoms with E-state index in [4.69, 9.17) is 10.5 Å². The molecule has 3 rings (SSSR count). The molecule has 1 aliphatic rings. The molecule has 0 aliphatic carbocycles. The van der Waals surface area contributed by atoms with E-state index >= 15 is 0 Å². The first-order valence-corrected chi connectivity index (χ1v) is 8.01. The van der Waals surface area contributed by atoms with Crippen LogP contribution in [0.3, 0.4) is 0 Å². The topological polar surface area (TPSA) is 64.3 Å². The standard InChI is InChI=1S/C19H22N2O2/c1-3-21-19(22)16-7-5-4-6-15(16)17-9-12(2)8-13-10-14(11-20)23-18(13)17/h4-9,14H,3,10-11,20H2,1-2H3,(H,21,22). The Hall–Kier alpha value is -2.33. The Morgan fingerprint density at radius 2 is 2.09 bits per heavy atom. The quantitative estimate of drug-likeness (QED) is 0.912. The fourth-order valence-electron chi connectivity index (χ4n) is 3.10. The van der Waals surface area contributed by atoms with Crippen molar-refractivity contribution in [1.82, 2.24) is 5.32 Å². The number of fused-ring (bicyclic) bond motifs is 1. The fourth-order valence-corrected chi connectivity index (χ4v) is 3.10. The SMILES string of the molecule is CCNC(=O)c1ccccc1-c1cc(C)cc2c1OC(CN)C2. The summed E-state index contributed by atoms with van der Waals surface area (Å²) in [5, 5.41) is 2.87. The first-order chi connectivity index (χ1) is 11.1. The largest absolute Gasteiger partial charge is 0.488 e. The van der Waals surface area contributed by atoms with Crippen molar-refractivity contribution in [3.63, 3.8) is 0 Å². The molecule has 23 heavy (non-hydrogen) atoms. The second-order valence-electron chi connectivity index (χ2n) is 5.89. The van der Waals surface area contributed by atoms with Crippen molar-refractivity contribution in [3.05, 3.63) is 53.1 Å². The summed E-state index contributed by atoms with van der Waals surface area (Å²) in [5.74, 6) is 0.800. The summed E-state index contributed by atoms with van der Waals surface area (Å²) in [6.07, 6.45) is 0.839. The number of nitrogens with one attached hydrogen (secondary N) is 1. The first-order valence-electron chi connectivity index (χ1n) is 8.01. The van der Waals surface area contributed by atoms with E-state index in [2.05, 4.69) is 24.4 Å². The van der Waals surface area contributed by atoms with Crippen LogP contribution in [0.4, 0.5) is 0 Å². The molecule has 120 valence electrons. The number of benzene rings is 2. The van der Waals surface area contributed by atoms with Crippen molar-refractivity contribution in [2.24, 2.45) is 5.73 Å². The summed E-state index contributed by atoms with van der Waals surface area (Å²) in [5.41, 5.74) is 10.6. The van der Waals surface area contributed by atoms with Gasteiger partial charge in [0.25, 0.3) is 5.91 Å². The van der Waals surface area contributed by atoms with Gasteiger partial charge < -0.3 is 15.8 Å². The summed E-state index contributed by atoms with van der Waals surface area (Å²) < 4.78 is 6.03. The lowest BCUT2D eigenvalue weighted by molar-refractivity contribution is 0.0956. The van der Waals surface area contributed by atoms with Gasteiger partial charge in [-0.2, -0.15) is 0 Å². The normalized spacial score (nSPS) is 15.9. The third-order valence-electron chi connectivity index (χ3n) is 4.10. The van der Waals surface area contributed by atoms with Crippen LogP contribution in [0, 0.1) is 6.92 Å². The highest BCUT2D eigenvalue weighted by Gasteiger charge is 2.26. The lowest BCUT2D eigenvalue weighted by atomic mass is 9.94. The lowest BCUT2D eigenvalue weighted by Gasteiger charge is -2.15. The summed E-state index contributed by atoms with van der Waals surface area (Å²) in [6, 6.07) is 11.9. The Bertz CT molecular complexity index is 740. The number of amides is 1. The number of ether oxygens (including phenoxy) is 1. The van der Waals surface area contributed by atoms with Crippen LogP contribution in [0.25, 0.3) is 11.1 Å². The molecule has 0 saturated heterocycles. The lowest BCUT2D eigenvalue weighted by Crippen LogP contribution is -2.24. The van der Waals surface area contributed by atoms with E-state index in [1.54, 1.807) is 0 Å². The van der Waals surface area contributed by atoms with Crippen LogP contribution in [-0.4, -0.2) is 25.1 Å². The Labute approximate surface area is 136 Å². The molecule has 1 atom stereocenters. The van der Waals surface area contributed by atoms with Crippen molar-refractivity contribution in [2.75, 3.05) is 13.1 Å². The van der Waals surface area contributed by atoms with E-state index in [1.807, 2.05) is 31.2 Å². The third kappa shape index (κ3) is 2.94. The zero-order valence-corrected chi connectivity index (χ0v) is 13.6. The highest BCUT2D eigenvalue weighted by atomic mass is 16.5. The number of aryl methyl sites for hydroxylation is 1. The zero-order chi connectivity index (χ0) is 16.4. The highest BCUT2D eigenvalue weighted by Crippen LogP contribution is 2.40. The van der Waals surface area contributed by atoms with Crippen LogP contribution in [-0.2, 0) is 6.42 Å². The first kappa shape index (κ1) is 15.6. The van der Waals surface area contributed by atoms with Gasteiger partial charge in [0.2, 0.25) is 0 Å². The number of hydrogen-bond acceptors (Lipinski definition) is 3. The average Bonchev–Trinajstić information content (AvgIpc) is 2.97. The van der Waals surface area contributed by atoms with Gasteiger partial charge in [-0.3, -0.25) is 4.79 Å².